The molecule has 2 amide bonds. The van der Waals surface area contributed by atoms with Crippen LogP contribution >= 0.6 is 0 Å². The van der Waals surface area contributed by atoms with Gasteiger partial charge in [0.2, 0.25) is 0 Å². The van der Waals surface area contributed by atoms with Gasteiger partial charge in [0.15, 0.2) is 6.10 Å². The Kier molecular flexibility index (Phi) is 5.99. The third kappa shape index (κ3) is 4.31. The lowest BCUT2D eigenvalue weighted by Gasteiger charge is -2.32. The van der Waals surface area contributed by atoms with Gasteiger partial charge >= 0.3 is 0 Å². The summed E-state index contributed by atoms with van der Waals surface area (Å²) in [5, 5.41) is 5.56. The van der Waals surface area contributed by atoms with E-state index in [1.165, 1.54) is 11.1 Å². The molecule has 2 aromatic rings. The molecule has 1 saturated heterocycles. The summed E-state index contributed by atoms with van der Waals surface area (Å²) in [6.07, 6.45) is 4.21. The van der Waals surface area contributed by atoms with Crippen molar-refractivity contribution in [1.82, 2.24) is 15.2 Å². The summed E-state index contributed by atoms with van der Waals surface area (Å²) in [6.45, 7) is 4.79. The molecule has 0 unspecified atom stereocenters. The van der Waals surface area contributed by atoms with E-state index in [9.17, 15) is 9.59 Å². The van der Waals surface area contributed by atoms with Crippen LogP contribution in [0.5, 0.6) is 5.75 Å². The first-order valence-corrected chi connectivity index (χ1v) is 10.6. The van der Waals surface area contributed by atoms with E-state index >= 15 is 0 Å². The van der Waals surface area contributed by atoms with Crippen molar-refractivity contribution >= 4 is 17.5 Å². The van der Waals surface area contributed by atoms with E-state index in [0.717, 1.165) is 43.9 Å². The van der Waals surface area contributed by atoms with Crippen LogP contribution in [0, 0.1) is 0 Å². The molecule has 0 saturated carbocycles. The number of pyridine rings is 1. The summed E-state index contributed by atoms with van der Waals surface area (Å²) in [5.41, 5.74) is 3.58. The number of hydrogen-bond donors (Lipinski definition) is 2. The molecule has 2 aliphatic heterocycles. The number of nitrogens with one attached hydrogen (secondary N) is 2. The van der Waals surface area contributed by atoms with Crippen LogP contribution in [0.3, 0.4) is 0 Å². The van der Waals surface area contributed by atoms with E-state index in [1.807, 2.05) is 31.3 Å². The zero-order chi connectivity index (χ0) is 21.1. The van der Waals surface area contributed by atoms with Gasteiger partial charge in [0.1, 0.15) is 11.4 Å². The molecule has 0 aliphatic carbocycles. The third-order valence-electron chi connectivity index (χ3n) is 5.95. The minimum Gasteiger partial charge on any atom is -0.478 e. The first-order valence-electron chi connectivity index (χ1n) is 10.6. The van der Waals surface area contributed by atoms with E-state index in [0.29, 0.717) is 18.0 Å². The number of hydrogen-bond acceptors (Lipinski definition) is 5. The molecule has 1 aromatic carbocycles. The Bertz CT molecular complexity index is 921. The Morgan fingerprint density at radius 2 is 2.07 bits per heavy atom. The van der Waals surface area contributed by atoms with Gasteiger partial charge in [-0.1, -0.05) is 19.1 Å². The standard InChI is InChI=1S/C23H28N4O3/c1-3-20-23(29)26-19-12-15(4-7-21(19)30-20)14-27-10-8-16(9-11-27)17-5-6-18(25-13-17)22(28)24-2/h4-7,12-13,16,20H,3,8-11,14H2,1-2H3,(H,24,28)(H,26,29)/t20-/m1/s1. The number of ether oxygens (including phenoxy) is 1. The number of nitrogens with zero attached hydrogens (tertiary/aromatic N) is 2. The molecule has 3 heterocycles. The monoisotopic (exact) mass is 408 g/mol. The van der Waals surface area contributed by atoms with Crippen molar-refractivity contribution in [2.24, 2.45) is 0 Å². The lowest BCUT2D eigenvalue weighted by molar-refractivity contribution is -0.123. The molecule has 1 aromatic heterocycles. The number of piperidine rings is 1. The average molecular weight is 409 g/mol. The van der Waals surface area contributed by atoms with Gasteiger partial charge in [-0.2, -0.15) is 0 Å². The Labute approximate surface area is 176 Å². The van der Waals surface area contributed by atoms with Crippen molar-refractivity contribution in [2.75, 3.05) is 25.5 Å². The lowest BCUT2D eigenvalue weighted by Crippen LogP contribution is -2.36. The van der Waals surface area contributed by atoms with Crippen LogP contribution in [0.15, 0.2) is 36.5 Å². The molecular weight excluding hydrogens is 380 g/mol. The van der Waals surface area contributed by atoms with Gasteiger partial charge in [0.25, 0.3) is 11.8 Å². The Morgan fingerprint density at radius 3 is 2.73 bits per heavy atom. The van der Waals surface area contributed by atoms with E-state index in [2.05, 4.69) is 26.6 Å². The van der Waals surface area contributed by atoms with E-state index in [4.69, 9.17) is 4.74 Å². The average Bonchev–Trinajstić information content (AvgIpc) is 2.78. The third-order valence-corrected chi connectivity index (χ3v) is 5.95. The topological polar surface area (TPSA) is 83.6 Å². The van der Waals surface area contributed by atoms with E-state index in [1.54, 1.807) is 13.1 Å². The molecule has 2 N–H and O–H groups in total. The van der Waals surface area contributed by atoms with Crippen molar-refractivity contribution in [3.8, 4) is 5.75 Å². The number of aromatic nitrogens is 1. The minimum atomic E-state index is -0.401. The van der Waals surface area contributed by atoms with Crippen molar-refractivity contribution in [2.45, 2.75) is 44.8 Å². The number of benzene rings is 1. The predicted molar refractivity (Wildman–Crippen MR) is 115 cm³/mol. The highest BCUT2D eigenvalue weighted by Crippen LogP contribution is 2.33. The quantitative estimate of drug-likeness (QED) is 0.795. The van der Waals surface area contributed by atoms with Crippen molar-refractivity contribution in [3.63, 3.8) is 0 Å². The molecule has 7 nitrogen and oxygen atoms in total. The van der Waals surface area contributed by atoms with E-state index < -0.39 is 6.10 Å². The maximum Gasteiger partial charge on any atom is 0.269 e. The van der Waals surface area contributed by atoms with Crippen LogP contribution < -0.4 is 15.4 Å². The summed E-state index contributed by atoms with van der Waals surface area (Å²) < 4.78 is 5.78. The summed E-state index contributed by atoms with van der Waals surface area (Å²) in [7, 11) is 1.61. The van der Waals surface area contributed by atoms with Gasteiger partial charge < -0.3 is 15.4 Å². The fourth-order valence-electron chi connectivity index (χ4n) is 4.16. The fraction of sp³-hybridized carbons (Fsp3) is 0.435. The van der Waals surface area contributed by atoms with Crippen LogP contribution in [0.25, 0.3) is 0 Å². The number of likely N-dealkylation sites (tertiary alicyclic amines) is 1. The van der Waals surface area contributed by atoms with Crippen molar-refractivity contribution < 1.29 is 14.3 Å². The predicted octanol–water partition coefficient (Wildman–Crippen LogP) is 2.93. The van der Waals surface area contributed by atoms with Gasteiger partial charge in [0.05, 0.1) is 5.69 Å². The number of rotatable bonds is 5. The molecule has 30 heavy (non-hydrogen) atoms. The molecule has 7 heteroatoms. The maximum atomic E-state index is 12.1. The number of anilines is 1. The van der Waals surface area contributed by atoms with Gasteiger partial charge in [-0.25, -0.2) is 0 Å². The highest BCUT2D eigenvalue weighted by atomic mass is 16.5. The van der Waals surface area contributed by atoms with E-state index in [-0.39, 0.29) is 11.8 Å². The normalized spacial score (nSPS) is 19.5. The number of amides is 2. The van der Waals surface area contributed by atoms with Crippen LogP contribution in [0.2, 0.25) is 0 Å². The zero-order valence-corrected chi connectivity index (χ0v) is 17.5. The van der Waals surface area contributed by atoms with Crippen LogP contribution in [-0.2, 0) is 11.3 Å². The largest absolute Gasteiger partial charge is 0.478 e. The second-order valence-electron chi connectivity index (χ2n) is 7.94. The zero-order valence-electron chi connectivity index (χ0n) is 17.5. The molecular formula is C23H28N4O3. The first kappa shape index (κ1) is 20.3. The summed E-state index contributed by atoms with van der Waals surface area (Å²) in [4.78, 5) is 30.4. The molecule has 1 atom stereocenters. The molecule has 0 bridgehead atoms. The molecule has 4 rings (SSSR count). The second-order valence-corrected chi connectivity index (χ2v) is 7.94. The van der Waals surface area contributed by atoms with Crippen LogP contribution in [-0.4, -0.2) is 47.9 Å². The molecule has 0 spiro atoms. The summed E-state index contributed by atoms with van der Waals surface area (Å²) in [6, 6.07) is 9.88. The minimum absolute atomic E-state index is 0.0704. The lowest BCUT2D eigenvalue weighted by atomic mass is 9.90. The molecule has 158 valence electrons. The summed E-state index contributed by atoms with van der Waals surface area (Å²) in [5.74, 6) is 0.985. The Balaban J connectivity index is 1.34. The summed E-state index contributed by atoms with van der Waals surface area (Å²) >= 11 is 0. The maximum absolute atomic E-state index is 12.1. The highest BCUT2D eigenvalue weighted by Gasteiger charge is 2.26. The number of carbonyl (C=O) groups is 2. The Hall–Kier alpha value is -2.93. The Morgan fingerprint density at radius 1 is 1.27 bits per heavy atom. The smallest absolute Gasteiger partial charge is 0.269 e. The number of carbonyl (C=O) groups excluding carboxylic acids is 2. The van der Waals surface area contributed by atoms with Crippen molar-refractivity contribution in [1.29, 1.82) is 0 Å². The molecule has 0 radical (unpaired) electrons. The number of fused-ring (bicyclic) bond motifs is 1. The first-order chi connectivity index (χ1) is 14.6. The second kappa shape index (κ2) is 8.83. The van der Waals surface area contributed by atoms with Crippen LogP contribution in [0.4, 0.5) is 5.69 Å². The fourth-order valence-corrected chi connectivity index (χ4v) is 4.16. The van der Waals surface area contributed by atoms with Gasteiger partial charge in [-0.05, 0) is 67.6 Å². The SMILES string of the molecule is CC[C@H]1Oc2ccc(CN3CCC(c4ccc(C(=O)NC)nc4)CC3)cc2NC1=O. The van der Waals surface area contributed by atoms with Crippen LogP contribution in [0.1, 0.15) is 53.7 Å². The molecule has 1 fully saturated rings. The highest BCUT2D eigenvalue weighted by molar-refractivity contribution is 5.97. The van der Waals surface area contributed by atoms with Gasteiger partial charge in [-0.15, -0.1) is 0 Å². The van der Waals surface area contributed by atoms with Crippen molar-refractivity contribution in [3.05, 3.63) is 53.3 Å². The van der Waals surface area contributed by atoms with Gasteiger partial charge in [0, 0.05) is 19.8 Å². The molecule has 2 aliphatic rings. The van der Waals surface area contributed by atoms with Gasteiger partial charge in [-0.3, -0.25) is 19.5 Å².